The zero-order chi connectivity index (χ0) is 20.8. The maximum absolute atomic E-state index is 12.4. The number of rotatable bonds is 7. The number of carbonyl (C=O) groups is 1. The van der Waals surface area contributed by atoms with Gasteiger partial charge >= 0.3 is 0 Å². The van der Waals surface area contributed by atoms with Gasteiger partial charge in [0.25, 0.3) is 5.56 Å². The Labute approximate surface area is 169 Å². The standard InChI is InChI=1S/C22H26N2O5/c1-16-14-20(26)21(22(27)23(16)2)19(25)7-6-17-4-3-5-18(15-17)29-13-10-24-8-11-28-12-9-24/h3-7,14-15,26H,8-13H2,1-2H3. The van der Waals surface area contributed by atoms with E-state index in [4.69, 9.17) is 9.47 Å². The van der Waals surface area contributed by atoms with E-state index in [0.29, 0.717) is 18.1 Å². The molecule has 0 aliphatic carbocycles. The molecule has 0 amide bonds. The van der Waals surface area contributed by atoms with Crippen LogP contribution in [0.3, 0.4) is 0 Å². The molecule has 1 fully saturated rings. The monoisotopic (exact) mass is 398 g/mol. The van der Waals surface area contributed by atoms with E-state index < -0.39 is 11.3 Å². The molecule has 1 aromatic heterocycles. The van der Waals surface area contributed by atoms with Gasteiger partial charge in [-0.15, -0.1) is 0 Å². The predicted molar refractivity (Wildman–Crippen MR) is 111 cm³/mol. The largest absolute Gasteiger partial charge is 0.507 e. The van der Waals surface area contributed by atoms with Gasteiger partial charge in [-0.2, -0.15) is 0 Å². The predicted octanol–water partition coefficient (Wildman–Crippen LogP) is 2.01. The highest BCUT2D eigenvalue weighted by molar-refractivity contribution is 6.08. The van der Waals surface area contributed by atoms with Crippen molar-refractivity contribution in [3.05, 3.63) is 63.6 Å². The van der Waals surface area contributed by atoms with Crippen LogP contribution in [0.15, 0.2) is 41.2 Å². The third kappa shape index (κ3) is 5.34. The van der Waals surface area contributed by atoms with E-state index >= 15 is 0 Å². The second-order valence-electron chi connectivity index (χ2n) is 6.98. The fraction of sp³-hybridized carbons (Fsp3) is 0.364. The minimum absolute atomic E-state index is 0.229. The average Bonchev–Trinajstić information content (AvgIpc) is 2.72. The van der Waals surface area contributed by atoms with E-state index in [2.05, 4.69) is 4.90 Å². The molecule has 0 spiro atoms. The summed E-state index contributed by atoms with van der Waals surface area (Å²) in [7, 11) is 1.56. The van der Waals surface area contributed by atoms with Gasteiger partial charge in [0, 0.05) is 38.4 Å². The lowest BCUT2D eigenvalue weighted by molar-refractivity contribution is 0.0322. The van der Waals surface area contributed by atoms with Crippen LogP contribution >= 0.6 is 0 Å². The van der Waals surface area contributed by atoms with Crippen molar-refractivity contribution >= 4 is 11.9 Å². The first-order chi connectivity index (χ1) is 14.0. The van der Waals surface area contributed by atoms with Crippen LogP contribution < -0.4 is 10.3 Å². The maximum atomic E-state index is 12.4. The van der Waals surface area contributed by atoms with E-state index in [1.165, 1.54) is 16.7 Å². The number of hydrogen-bond donors (Lipinski definition) is 1. The smallest absolute Gasteiger partial charge is 0.265 e. The fourth-order valence-electron chi connectivity index (χ4n) is 3.12. The highest BCUT2D eigenvalue weighted by Crippen LogP contribution is 2.18. The Bertz CT molecular complexity index is 958. The number of nitrogens with zero attached hydrogens (tertiary/aromatic N) is 2. The summed E-state index contributed by atoms with van der Waals surface area (Å²) in [6, 6.07) is 8.78. The first-order valence-corrected chi connectivity index (χ1v) is 9.60. The molecule has 1 aliphatic rings. The molecule has 154 valence electrons. The Hall–Kier alpha value is -2.90. The van der Waals surface area contributed by atoms with Gasteiger partial charge in [0.05, 0.1) is 13.2 Å². The summed E-state index contributed by atoms with van der Waals surface area (Å²) in [6.07, 6.45) is 2.90. The minimum Gasteiger partial charge on any atom is -0.507 e. The zero-order valence-electron chi connectivity index (χ0n) is 16.8. The van der Waals surface area contributed by atoms with E-state index in [-0.39, 0.29) is 11.3 Å². The minimum atomic E-state index is -0.540. The van der Waals surface area contributed by atoms with Crippen LogP contribution in [-0.4, -0.2) is 59.8 Å². The molecule has 0 radical (unpaired) electrons. The summed E-state index contributed by atoms with van der Waals surface area (Å²) >= 11 is 0. The molecule has 29 heavy (non-hydrogen) atoms. The van der Waals surface area contributed by atoms with Crippen LogP contribution in [0.1, 0.15) is 21.6 Å². The van der Waals surface area contributed by atoms with Crippen molar-refractivity contribution in [3.8, 4) is 11.5 Å². The lowest BCUT2D eigenvalue weighted by atomic mass is 10.1. The Morgan fingerprint density at radius 2 is 2.03 bits per heavy atom. The van der Waals surface area contributed by atoms with Gasteiger partial charge in [-0.05, 0) is 30.7 Å². The molecule has 2 aromatic rings. The number of pyridine rings is 1. The third-order valence-electron chi connectivity index (χ3n) is 4.96. The summed E-state index contributed by atoms with van der Waals surface area (Å²) < 4.78 is 12.5. The van der Waals surface area contributed by atoms with Crippen LogP contribution in [0.5, 0.6) is 11.5 Å². The molecule has 7 nitrogen and oxygen atoms in total. The second-order valence-corrected chi connectivity index (χ2v) is 6.98. The summed E-state index contributed by atoms with van der Waals surface area (Å²) in [5.74, 6) is -0.135. The number of aromatic nitrogens is 1. The van der Waals surface area contributed by atoms with E-state index in [0.717, 1.165) is 38.4 Å². The lowest BCUT2D eigenvalue weighted by Gasteiger charge is -2.26. The number of hydrogen-bond acceptors (Lipinski definition) is 6. The molecule has 0 unspecified atom stereocenters. The van der Waals surface area contributed by atoms with E-state index in [1.807, 2.05) is 24.3 Å². The molecule has 0 saturated carbocycles. The van der Waals surface area contributed by atoms with Gasteiger partial charge in [-0.25, -0.2) is 0 Å². The van der Waals surface area contributed by atoms with Gasteiger partial charge in [-0.1, -0.05) is 18.2 Å². The Balaban J connectivity index is 1.64. The third-order valence-corrected chi connectivity index (χ3v) is 4.96. The van der Waals surface area contributed by atoms with Crippen molar-refractivity contribution in [1.29, 1.82) is 0 Å². The number of morpholine rings is 1. The fourth-order valence-corrected chi connectivity index (χ4v) is 3.12. The molecule has 2 heterocycles. The van der Waals surface area contributed by atoms with Crippen molar-refractivity contribution in [3.63, 3.8) is 0 Å². The number of aryl methyl sites for hydroxylation is 1. The first-order valence-electron chi connectivity index (χ1n) is 9.60. The summed E-state index contributed by atoms with van der Waals surface area (Å²) in [6.45, 7) is 6.44. The number of carbonyl (C=O) groups excluding carboxylic acids is 1. The summed E-state index contributed by atoms with van der Waals surface area (Å²) in [5.41, 5.74) is 0.602. The molecule has 0 bridgehead atoms. The van der Waals surface area contributed by atoms with Crippen LogP contribution in [-0.2, 0) is 11.8 Å². The lowest BCUT2D eigenvalue weighted by Crippen LogP contribution is -2.38. The number of allylic oxidation sites excluding steroid dienone is 1. The van der Waals surface area contributed by atoms with Gasteiger partial charge in [0.15, 0.2) is 5.78 Å². The maximum Gasteiger partial charge on any atom is 0.265 e. The SMILES string of the molecule is Cc1cc(O)c(C(=O)C=Cc2cccc(OCCN3CCOCC3)c2)c(=O)n1C. The van der Waals surface area contributed by atoms with Gasteiger partial charge in [0.2, 0.25) is 0 Å². The molecule has 1 saturated heterocycles. The normalized spacial score (nSPS) is 15.0. The van der Waals surface area contributed by atoms with Crippen molar-refractivity contribution in [1.82, 2.24) is 9.47 Å². The van der Waals surface area contributed by atoms with Crippen LogP contribution in [0.2, 0.25) is 0 Å². The summed E-state index contributed by atoms with van der Waals surface area (Å²) in [4.78, 5) is 27.0. The Kier molecular flexibility index (Phi) is 6.85. The first kappa shape index (κ1) is 20.8. The van der Waals surface area contributed by atoms with Crippen LogP contribution in [0.25, 0.3) is 6.08 Å². The molecular weight excluding hydrogens is 372 g/mol. The molecule has 1 aliphatic heterocycles. The summed E-state index contributed by atoms with van der Waals surface area (Å²) in [5, 5.41) is 10.0. The average molecular weight is 398 g/mol. The quantitative estimate of drug-likeness (QED) is 0.568. The highest BCUT2D eigenvalue weighted by Gasteiger charge is 2.16. The molecular formula is C22H26N2O5. The second kappa shape index (κ2) is 9.54. The van der Waals surface area contributed by atoms with Crippen molar-refractivity contribution in [2.24, 2.45) is 7.05 Å². The highest BCUT2D eigenvalue weighted by atomic mass is 16.5. The van der Waals surface area contributed by atoms with Crippen LogP contribution in [0, 0.1) is 6.92 Å². The Morgan fingerprint density at radius 3 is 2.79 bits per heavy atom. The van der Waals surface area contributed by atoms with Crippen molar-refractivity contribution in [2.45, 2.75) is 6.92 Å². The van der Waals surface area contributed by atoms with Crippen molar-refractivity contribution in [2.75, 3.05) is 39.5 Å². The van der Waals surface area contributed by atoms with Gasteiger partial charge in [-0.3, -0.25) is 14.5 Å². The Morgan fingerprint density at radius 1 is 1.28 bits per heavy atom. The van der Waals surface area contributed by atoms with Crippen LogP contribution in [0.4, 0.5) is 0 Å². The van der Waals surface area contributed by atoms with Gasteiger partial charge < -0.3 is 19.1 Å². The van der Waals surface area contributed by atoms with Crippen molar-refractivity contribution < 1.29 is 19.4 Å². The zero-order valence-corrected chi connectivity index (χ0v) is 16.8. The van der Waals surface area contributed by atoms with E-state index in [9.17, 15) is 14.7 Å². The number of aromatic hydroxyl groups is 1. The molecule has 1 aromatic carbocycles. The topological polar surface area (TPSA) is 81.0 Å². The molecule has 7 heteroatoms. The number of ketones is 1. The van der Waals surface area contributed by atoms with Gasteiger partial charge in [0.1, 0.15) is 23.7 Å². The number of ether oxygens (including phenoxy) is 2. The number of benzene rings is 1. The molecule has 3 rings (SSSR count). The van der Waals surface area contributed by atoms with E-state index in [1.54, 1.807) is 20.0 Å². The molecule has 0 atom stereocenters. The molecule has 1 N–H and O–H groups in total.